The Morgan fingerprint density at radius 1 is 1.29 bits per heavy atom. The number of halogens is 1. The molecule has 110 valence electrons. The Balaban J connectivity index is 1.90. The second-order valence-corrected chi connectivity index (χ2v) is 9.01. The molecule has 0 bridgehead atoms. The van der Waals surface area contributed by atoms with Crippen LogP contribution in [-0.4, -0.2) is 21.4 Å². The summed E-state index contributed by atoms with van der Waals surface area (Å²) in [6.07, 6.45) is 0.298. The first-order valence-electron chi connectivity index (χ1n) is 6.04. The van der Waals surface area contributed by atoms with E-state index in [1.54, 1.807) is 42.3 Å². The zero-order valence-electron chi connectivity index (χ0n) is 11.0. The molecule has 1 aromatic heterocycles. The van der Waals surface area contributed by atoms with Gasteiger partial charge in [0.1, 0.15) is 4.21 Å². The second-order valence-electron chi connectivity index (χ2n) is 4.64. The van der Waals surface area contributed by atoms with Gasteiger partial charge in [0.15, 0.2) is 0 Å². The lowest BCUT2D eigenvalue weighted by molar-refractivity contribution is -0.117. The van der Waals surface area contributed by atoms with Crippen LogP contribution in [0.5, 0.6) is 0 Å². The monoisotopic (exact) mass is 386 g/mol. The largest absolute Gasteiger partial charge is 0.315 e. The summed E-state index contributed by atoms with van der Waals surface area (Å²) in [5.41, 5.74) is 2.11. The molecule has 1 amide bonds. The Bertz CT molecular complexity index is 830. The van der Waals surface area contributed by atoms with Crippen LogP contribution >= 0.6 is 27.3 Å². The molecule has 0 aliphatic carbocycles. The lowest BCUT2D eigenvalue weighted by Gasteiger charge is -2.11. The van der Waals surface area contributed by atoms with Crippen molar-refractivity contribution in [2.45, 2.75) is 10.6 Å². The van der Waals surface area contributed by atoms with Crippen LogP contribution in [0.15, 0.2) is 38.3 Å². The number of hydrogen-bond donors (Lipinski definition) is 1. The summed E-state index contributed by atoms with van der Waals surface area (Å²) in [5.74, 6) is 0.00666. The number of benzene rings is 1. The van der Waals surface area contributed by atoms with Crippen molar-refractivity contribution in [2.24, 2.45) is 0 Å². The molecule has 0 atom stereocenters. The number of carbonyl (C=O) groups excluding carboxylic acids is 1. The van der Waals surface area contributed by atoms with E-state index in [9.17, 15) is 13.2 Å². The maximum absolute atomic E-state index is 12.2. The van der Waals surface area contributed by atoms with Gasteiger partial charge in [-0.1, -0.05) is 0 Å². The molecule has 2 heterocycles. The highest BCUT2D eigenvalue weighted by molar-refractivity contribution is 9.11. The molecule has 0 saturated carbocycles. The van der Waals surface area contributed by atoms with E-state index in [-0.39, 0.29) is 10.1 Å². The van der Waals surface area contributed by atoms with Gasteiger partial charge in [-0.3, -0.25) is 9.52 Å². The minimum atomic E-state index is -3.60. The molecule has 8 heteroatoms. The second kappa shape index (κ2) is 5.11. The summed E-state index contributed by atoms with van der Waals surface area (Å²) in [5, 5.41) is 0. The number of thiophene rings is 1. The van der Waals surface area contributed by atoms with Gasteiger partial charge in [0, 0.05) is 18.4 Å². The van der Waals surface area contributed by atoms with E-state index in [1.165, 1.54) is 0 Å². The number of anilines is 2. The summed E-state index contributed by atoms with van der Waals surface area (Å²) in [4.78, 5) is 13.2. The third-order valence-corrected chi connectivity index (χ3v) is 6.72. The highest BCUT2D eigenvalue weighted by Gasteiger charge is 2.25. The van der Waals surface area contributed by atoms with Gasteiger partial charge in [-0.2, -0.15) is 0 Å². The third kappa shape index (κ3) is 2.70. The van der Waals surface area contributed by atoms with E-state index >= 15 is 0 Å². The number of rotatable bonds is 3. The Labute approximate surface area is 134 Å². The van der Waals surface area contributed by atoms with Gasteiger partial charge < -0.3 is 4.90 Å². The predicted octanol–water partition coefficient (Wildman–Crippen LogP) is 2.83. The Morgan fingerprint density at radius 2 is 2.05 bits per heavy atom. The Kier molecular flexibility index (Phi) is 3.54. The van der Waals surface area contributed by atoms with Crippen LogP contribution in [0.3, 0.4) is 0 Å². The van der Waals surface area contributed by atoms with E-state index in [0.717, 1.165) is 26.4 Å². The lowest BCUT2D eigenvalue weighted by Crippen LogP contribution is -2.20. The third-order valence-electron chi connectivity index (χ3n) is 3.22. The van der Waals surface area contributed by atoms with Crippen LogP contribution in [0.1, 0.15) is 5.56 Å². The average molecular weight is 387 g/mol. The van der Waals surface area contributed by atoms with Crippen LogP contribution in [0.25, 0.3) is 0 Å². The molecule has 0 unspecified atom stereocenters. The van der Waals surface area contributed by atoms with Crippen molar-refractivity contribution in [2.75, 3.05) is 16.7 Å². The summed E-state index contributed by atoms with van der Waals surface area (Å²) < 4.78 is 28.0. The summed E-state index contributed by atoms with van der Waals surface area (Å²) in [6, 6.07) is 8.35. The van der Waals surface area contributed by atoms with Crippen LogP contribution < -0.4 is 9.62 Å². The number of likely N-dealkylation sites (N-methyl/N-ethyl adjacent to an activating group) is 1. The fourth-order valence-corrected chi connectivity index (χ4v) is 5.24. The van der Waals surface area contributed by atoms with Gasteiger partial charge in [0.05, 0.1) is 10.2 Å². The molecule has 2 aromatic rings. The highest BCUT2D eigenvalue weighted by atomic mass is 79.9. The summed E-state index contributed by atoms with van der Waals surface area (Å²) in [7, 11) is -1.89. The molecule has 0 radical (unpaired) electrons. The SMILES string of the molecule is CN1C(=O)Cc2cc(NS(=O)(=O)c3ccc(Br)s3)ccc21. The molecule has 0 saturated heterocycles. The molecule has 21 heavy (non-hydrogen) atoms. The molecule has 1 aliphatic rings. The maximum Gasteiger partial charge on any atom is 0.271 e. The Morgan fingerprint density at radius 3 is 2.71 bits per heavy atom. The van der Waals surface area contributed by atoms with Crippen molar-refractivity contribution in [3.05, 3.63) is 39.7 Å². The summed E-state index contributed by atoms with van der Waals surface area (Å²) >= 11 is 4.39. The van der Waals surface area contributed by atoms with E-state index < -0.39 is 10.0 Å². The Hall–Kier alpha value is -1.38. The molecule has 3 rings (SSSR count). The first-order valence-corrected chi connectivity index (χ1v) is 9.14. The zero-order valence-corrected chi connectivity index (χ0v) is 14.2. The number of nitrogens with one attached hydrogen (secondary N) is 1. The van der Waals surface area contributed by atoms with Gasteiger partial charge in [-0.15, -0.1) is 11.3 Å². The highest BCUT2D eigenvalue weighted by Crippen LogP contribution is 2.32. The molecule has 1 N–H and O–H groups in total. The number of hydrogen-bond acceptors (Lipinski definition) is 4. The van der Waals surface area contributed by atoms with Crippen molar-refractivity contribution in [3.8, 4) is 0 Å². The van der Waals surface area contributed by atoms with Crippen molar-refractivity contribution < 1.29 is 13.2 Å². The van der Waals surface area contributed by atoms with Crippen LogP contribution in [0.2, 0.25) is 0 Å². The van der Waals surface area contributed by atoms with E-state index in [2.05, 4.69) is 20.7 Å². The van der Waals surface area contributed by atoms with Crippen molar-refractivity contribution in [3.63, 3.8) is 0 Å². The molecule has 1 aromatic carbocycles. The molecule has 0 spiro atoms. The van der Waals surface area contributed by atoms with Crippen LogP contribution in [0, 0.1) is 0 Å². The van der Waals surface area contributed by atoms with Gasteiger partial charge in [-0.25, -0.2) is 8.42 Å². The molecular weight excluding hydrogens is 376 g/mol. The van der Waals surface area contributed by atoms with Gasteiger partial charge in [-0.05, 0) is 51.8 Å². The standard InChI is InChI=1S/C13H11BrN2O3S2/c1-16-10-3-2-9(6-8(10)7-12(16)17)15-21(18,19)13-5-4-11(14)20-13/h2-6,15H,7H2,1H3. The first kappa shape index (κ1) is 14.6. The molecule has 1 aliphatic heterocycles. The summed E-state index contributed by atoms with van der Waals surface area (Å²) in [6.45, 7) is 0. The molecular formula is C13H11BrN2O3S2. The van der Waals surface area contributed by atoms with Gasteiger partial charge >= 0.3 is 0 Å². The number of nitrogens with zero attached hydrogens (tertiary/aromatic N) is 1. The first-order chi connectivity index (χ1) is 9.87. The number of fused-ring (bicyclic) bond motifs is 1. The van der Waals surface area contributed by atoms with E-state index in [0.29, 0.717) is 12.1 Å². The topological polar surface area (TPSA) is 66.5 Å². The molecule has 0 fully saturated rings. The smallest absolute Gasteiger partial charge is 0.271 e. The normalized spacial score (nSPS) is 14.4. The van der Waals surface area contributed by atoms with Crippen molar-refractivity contribution in [1.82, 2.24) is 0 Å². The van der Waals surface area contributed by atoms with Crippen molar-refractivity contribution >= 4 is 54.6 Å². The van der Waals surface area contributed by atoms with E-state index in [1.807, 2.05) is 0 Å². The maximum atomic E-state index is 12.2. The average Bonchev–Trinajstić information content (AvgIpc) is 2.95. The van der Waals surface area contributed by atoms with Crippen LogP contribution in [-0.2, 0) is 21.2 Å². The van der Waals surface area contributed by atoms with E-state index in [4.69, 9.17) is 0 Å². The fraction of sp³-hybridized carbons (Fsp3) is 0.154. The number of sulfonamides is 1. The number of amides is 1. The quantitative estimate of drug-likeness (QED) is 0.881. The number of carbonyl (C=O) groups is 1. The minimum absolute atomic E-state index is 0.00666. The molecule has 5 nitrogen and oxygen atoms in total. The fourth-order valence-electron chi connectivity index (χ4n) is 2.18. The van der Waals surface area contributed by atoms with Crippen molar-refractivity contribution in [1.29, 1.82) is 0 Å². The van der Waals surface area contributed by atoms with Gasteiger partial charge in [0.25, 0.3) is 10.0 Å². The minimum Gasteiger partial charge on any atom is -0.315 e. The zero-order chi connectivity index (χ0) is 15.2. The van der Waals surface area contributed by atoms with Gasteiger partial charge in [0.2, 0.25) is 5.91 Å². The lowest BCUT2D eigenvalue weighted by atomic mass is 10.1. The predicted molar refractivity (Wildman–Crippen MR) is 86.4 cm³/mol. The van der Waals surface area contributed by atoms with Crippen LogP contribution in [0.4, 0.5) is 11.4 Å².